The highest BCUT2D eigenvalue weighted by molar-refractivity contribution is 5.92. The van der Waals surface area contributed by atoms with Gasteiger partial charge in [-0.05, 0) is 60.0 Å². The standard InChI is InChI=1S/C32H33N3O4/c1-37-29-14-13-22(19-30(29)38-2)16-18-39-32-12-6-11-27(35-32)24-8-5-9-25(20-24)34-31(36)21-28-26-10-4-3-7-23(26)15-17-33-28/h3-14,19-20,28,33H,15-18,21H2,1-2H3,(H,34,36). The van der Waals surface area contributed by atoms with Crippen molar-refractivity contribution in [3.63, 3.8) is 0 Å². The van der Waals surface area contributed by atoms with Gasteiger partial charge in [-0.3, -0.25) is 4.79 Å². The summed E-state index contributed by atoms with van der Waals surface area (Å²) in [6.45, 7) is 1.35. The van der Waals surface area contributed by atoms with E-state index >= 15 is 0 Å². The number of methoxy groups -OCH3 is 2. The van der Waals surface area contributed by atoms with Crippen LogP contribution in [0, 0.1) is 0 Å². The van der Waals surface area contributed by atoms with Crippen molar-refractivity contribution in [1.29, 1.82) is 0 Å². The molecule has 0 saturated carbocycles. The van der Waals surface area contributed by atoms with Crippen LogP contribution < -0.4 is 24.8 Å². The van der Waals surface area contributed by atoms with Crippen LogP contribution in [-0.4, -0.2) is 38.3 Å². The number of benzene rings is 3. The van der Waals surface area contributed by atoms with Crippen LogP contribution in [0.25, 0.3) is 11.3 Å². The SMILES string of the molecule is COc1ccc(CCOc2cccc(-c3cccc(NC(=O)CC4NCCc5ccccc54)c3)n2)cc1OC. The minimum absolute atomic E-state index is 0.0210. The third-order valence-electron chi connectivity index (χ3n) is 6.86. The molecule has 1 aliphatic rings. The molecule has 1 unspecified atom stereocenters. The van der Waals surface area contributed by atoms with Gasteiger partial charge in [-0.15, -0.1) is 0 Å². The van der Waals surface area contributed by atoms with Gasteiger partial charge in [0.2, 0.25) is 11.8 Å². The number of ether oxygens (including phenoxy) is 3. The zero-order valence-electron chi connectivity index (χ0n) is 22.3. The number of rotatable bonds is 10. The van der Waals surface area contributed by atoms with E-state index in [2.05, 4.69) is 33.8 Å². The molecule has 1 aliphatic heterocycles. The predicted molar refractivity (Wildman–Crippen MR) is 153 cm³/mol. The number of hydrogen-bond donors (Lipinski definition) is 2. The maximum atomic E-state index is 12.9. The Bertz CT molecular complexity index is 1440. The molecule has 7 nitrogen and oxygen atoms in total. The second kappa shape index (κ2) is 12.5. The first-order valence-corrected chi connectivity index (χ1v) is 13.1. The van der Waals surface area contributed by atoms with E-state index in [9.17, 15) is 4.79 Å². The molecular weight excluding hydrogens is 490 g/mol. The van der Waals surface area contributed by atoms with Gasteiger partial charge in [-0.25, -0.2) is 4.98 Å². The Labute approximate surface area is 229 Å². The number of amides is 1. The Morgan fingerprint density at radius 1 is 0.949 bits per heavy atom. The summed E-state index contributed by atoms with van der Waals surface area (Å²) >= 11 is 0. The van der Waals surface area contributed by atoms with Gasteiger partial charge in [0.15, 0.2) is 11.5 Å². The molecule has 0 saturated heterocycles. The number of aromatic nitrogens is 1. The molecule has 1 aromatic heterocycles. The monoisotopic (exact) mass is 523 g/mol. The largest absolute Gasteiger partial charge is 0.493 e. The Morgan fingerprint density at radius 2 is 1.79 bits per heavy atom. The van der Waals surface area contributed by atoms with E-state index in [1.807, 2.05) is 66.7 Å². The van der Waals surface area contributed by atoms with Gasteiger partial charge in [0.25, 0.3) is 0 Å². The van der Waals surface area contributed by atoms with Crippen LogP contribution in [0.15, 0.2) is 84.9 Å². The maximum Gasteiger partial charge on any atom is 0.226 e. The van der Waals surface area contributed by atoms with E-state index in [1.165, 1.54) is 11.1 Å². The average molecular weight is 524 g/mol. The van der Waals surface area contributed by atoms with E-state index in [0.29, 0.717) is 36.8 Å². The van der Waals surface area contributed by atoms with Crippen molar-refractivity contribution in [2.75, 3.05) is 32.7 Å². The van der Waals surface area contributed by atoms with Gasteiger partial charge in [-0.1, -0.05) is 48.5 Å². The fraction of sp³-hybridized carbons (Fsp3) is 0.250. The van der Waals surface area contributed by atoms with Crippen LogP contribution in [-0.2, 0) is 17.6 Å². The molecule has 5 rings (SSSR count). The maximum absolute atomic E-state index is 12.9. The van der Waals surface area contributed by atoms with Crippen molar-refractivity contribution in [1.82, 2.24) is 10.3 Å². The van der Waals surface area contributed by atoms with Crippen LogP contribution in [0.1, 0.15) is 29.2 Å². The molecule has 0 fully saturated rings. The second-order valence-electron chi connectivity index (χ2n) is 9.44. The van der Waals surface area contributed by atoms with Crippen molar-refractivity contribution in [3.05, 3.63) is 102 Å². The van der Waals surface area contributed by atoms with Crippen LogP contribution in [0.3, 0.4) is 0 Å². The molecule has 0 aliphatic carbocycles. The van der Waals surface area contributed by atoms with Crippen molar-refractivity contribution >= 4 is 11.6 Å². The lowest BCUT2D eigenvalue weighted by Gasteiger charge is -2.26. The van der Waals surface area contributed by atoms with E-state index < -0.39 is 0 Å². The van der Waals surface area contributed by atoms with Crippen molar-refractivity contribution < 1.29 is 19.0 Å². The predicted octanol–water partition coefficient (Wildman–Crippen LogP) is 5.60. The van der Waals surface area contributed by atoms with E-state index in [1.54, 1.807) is 14.2 Å². The zero-order valence-corrected chi connectivity index (χ0v) is 22.3. The molecule has 0 spiro atoms. The number of hydrogen-bond acceptors (Lipinski definition) is 6. The summed E-state index contributed by atoms with van der Waals surface area (Å²) in [6, 6.07) is 27.6. The van der Waals surface area contributed by atoms with Crippen LogP contribution >= 0.6 is 0 Å². The summed E-state index contributed by atoms with van der Waals surface area (Å²) < 4.78 is 16.6. The van der Waals surface area contributed by atoms with Crippen molar-refractivity contribution in [2.45, 2.75) is 25.3 Å². The normalized spacial score (nSPS) is 14.3. The molecule has 4 aromatic rings. The quantitative estimate of drug-likeness (QED) is 0.282. The number of carbonyl (C=O) groups is 1. The topological polar surface area (TPSA) is 81.7 Å². The minimum atomic E-state index is -0.0263. The van der Waals surface area contributed by atoms with Crippen LogP contribution in [0.5, 0.6) is 17.4 Å². The lowest BCUT2D eigenvalue weighted by molar-refractivity contribution is -0.116. The Morgan fingerprint density at radius 3 is 2.67 bits per heavy atom. The van der Waals surface area contributed by atoms with Gasteiger partial charge in [0.05, 0.1) is 26.5 Å². The van der Waals surface area contributed by atoms with Gasteiger partial charge in [0, 0.05) is 36.2 Å². The lowest BCUT2D eigenvalue weighted by atomic mass is 9.92. The molecule has 2 heterocycles. The van der Waals surface area contributed by atoms with Crippen molar-refractivity contribution in [3.8, 4) is 28.6 Å². The molecule has 0 radical (unpaired) electrons. The second-order valence-corrected chi connectivity index (χ2v) is 9.44. The van der Waals surface area contributed by atoms with Gasteiger partial charge in [-0.2, -0.15) is 0 Å². The molecule has 200 valence electrons. The number of carbonyl (C=O) groups excluding carboxylic acids is 1. The first-order valence-electron chi connectivity index (χ1n) is 13.1. The fourth-order valence-electron chi connectivity index (χ4n) is 4.89. The summed E-state index contributed by atoms with van der Waals surface area (Å²) in [4.78, 5) is 17.6. The van der Waals surface area contributed by atoms with Gasteiger partial charge in [0.1, 0.15) is 0 Å². The van der Waals surface area contributed by atoms with E-state index in [0.717, 1.165) is 35.5 Å². The highest BCUT2D eigenvalue weighted by Gasteiger charge is 2.21. The van der Waals surface area contributed by atoms with Crippen LogP contribution in [0.2, 0.25) is 0 Å². The molecular formula is C32H33N3O4. The Hall–Kier alpha value is -4.36. The first kappa shape index (κ1) is 26.3. The lowest BCUT2D eigenvalue weighted by Crippen LogP contribution is -2.32. The molecule has 39 heavy (non-hydrogen) atoms. The van der Waals surface area contributed by atoms with Gasteiger partial charge >= 0.3 is 0 Å². The fourth-order valence-corrected chi connectivity index (χ4v) is 4.89. The third kappa shape index (κ3) is 6.56. The third-order valence-corrected chi connectivity index (χ3v) is 6.86. The van der Waals surface area contributed by atoms with E-state index in [-0.39, 0.29) is 11.9 Å². The van der Waals surface area contributed by atoms with Crippen LogP contribution in [0.4, 0.5) is 5.69 Å². The average Bonchev–Trinajstić information content (AvgIpc) is 2.97. The number of nitrogens with zero attached hydrogens (tertiary/aromatic N) is 1. The zero-order chi connectivity index (χ0) is 27.0. The molecule has 1 atom stereocenters. The summed E-state index contributed by atoms with van der Waals surface area (Å²) in [5, 5.41) is 6.53. The molecule has 1 amide bonds. The van der Waals surface area contributed by atoms with Crippen molar-refractivity contribution in [2.24, 2.45) is 0 Å². The summed E-state index contributed by atoms with van der Waals surface area (Å²) in [6.07, 6.45) is 2.07. The first-order chi connectivity index (χ1) is 19.1. The molecule has 2 N–H and O–H groups in total. The number of anilines is 1. The number of pyridine rings is 1. The number of nitrogens with one attached hydrogen (secondary N) is 2. The van der Waals surface area contributed by atoms with E-state index in [4.69, 9.17) is 14.2 Å². The molecule has 0 bridgehead atoms. The Kier molecular flexibility index (Phi) is 8.39. The van der Waals surface area contributed by atoms with Gasteiger partial charge < -0.3 is 24.8 Å². The summed E-state index contributed by atoms with van der Waals surface area (Å²) in [5.41, 5.74) is 6.02. The number of fused-ring (bicyclic) bond motifs is 1. The minimum Gasteiger partial charge on any atom is -0.493 e. The smallest absolute Gasteiger partial charge is 0.226 e. The summed E-state index contributed by atoms with van der Waals surface area (Å²) in [7, 11) is 3.25. The summed E-state index contributed by atoms with van der Waals surface area (Å²) in [5.74, 6) is 1.92. The highest BCUT2D eigenvalue weighted by Crippen LogP contribution is 2.29. The molecule has 3 aromatic carbocycles. The molecule has 7 heteroatoms. The highest BCUT2D eigenvalue weighted by atomic mass is 16.5. The Balaban J connectivity index is 1.20.